The second-order valence-electron chi connectivity index (χ2n) is 2.78. The van der Waals surface area contributed by atoms with Crippen molar-refractivity contribution in [3.63, 3.8) is 0 Å². The van der Waals surface area contributed by atoms with Gasteiger partial charge in [-0.15, -0.1) is 0 Å². The van der Waals surface area contributed by atoms with Crippen molar-refractivity contribution in [2.24, 2.45) is 0 Å². The lowest BCUT2D eigenvalue weighted by atomic mass is 10.2. The molecule has 0 heterocycles. The van der Waals surface area contributed by atoms with Crippen LogP contribution >= 0.6 is 0 Å². The molecule has 0 saturated heterocycles. The molecule has 0 aromatic rings. The molecule has 0 amide bonds. The fourth-order valence-electron chi connectivity index (χ4n) is 0.840. The number of halogens is 2. The summed E-state index contributed by atoms with van der Waals surface area (Å²) in [4.78, 5) is 0. The van der Waals surface area contributed by atoms with Crippen LogP contribution in [0.5, 0.6) is 0 Å². The molecule has 64 valence electrons. The van der Waals surface area contributed by atoms with Gasteiger partial charge in [-0.3, -0.25) is 8.22 Å². The van der Waals surface area contributed by atoms with Crippen LogP contribution in [0, 0.1) is 11.3 Å². The maximum atomic E-state index is 12.6. The van der Waals surface area contributed by atoms with Crippen LogP contribution in [0.1, 0.15) is 26.2 Å². The highest BCUT2D eigenvalue weighted by molar-refractivity contribution is 6.67. The monoisotopic (exact) mass is 177 g/mol. The average Bonchev–Trinajstić information content (AvgIpc) is 1.87. The van der Waals surface area contributed by atoms with E-state index in [4.69, 9.17) is 5.26 Å². The Morgan fingerprint density at radius 1 is 1.55 bits per heavy atom. The molecule has 1 nitrogen and oxygen atoms in total. The maximum Gasteiger partial charge on any atom is 0.438 e. The van der Waals surface area contributed by atoms with E-state index < -0.39 is 14.3 Å². The average molecular weight is 177 g/mol. The highest BCUT2D eigenvalue weighted by Gasteiger charge is 2.38. The molecule has 0 aliphatic carbocycles. The van der Waals surface area contributed by atoms with Gasteiger partial charge in [0.25, 0.3) is 0 Å². The van der Waals surface area contributed by atoms with Crippen molar-refractivity contribution >= 4 is 8.74 Å². The molecule has 1 atom stereocenters. The van der Waals surface area contributed by atoms with E-state index in [0.717, 1.165) is 19.4 Å². The maximum absolute atomic E-state index is 12.6. The van der Waals surface area contributed by atoms with Gasteiger partial charge in [0.05, 0.1) is 11.6 Å². The van der Waals surface area contributed by atoms with Crippen LogP contribution in [0.25, 0.3) is 0 Å². The lowest BCUT2D eigenvalue weighted by molar-refractivity contribution is 0.561. The molecular formula is C7H13F2NSi. The number of hydrogen-bond acceptors (Lipinski definition) is 1. The van der Waals surface area contributed by atoms with E-state index in [-0.39, 0.29) is 0 Å². The SMILES string of the molecule is CCCCC(C#N)[Si](C)(F)F. The summed E-state index contributed by atoms with van der Waals surface area (Å²) in [6.45, 7) is 2.88. The number of unbranched alkanes of at least 4 members (excludes halogenated alkanes) is 1. The van der Waals surface area contributed by atoms with Crippen LogP contribution in [0.15, 0.2) is 0 Å². The van der Waals surface area contributed by atoms with Crippen LogP contribution in [0.4, 0.5) is 8.22 Å². The Bertz CT molecular complexity index is 148. The quantitative estimate of drug-likeness (QED) is 0.478. The summed E-state index contributed by atoms with van der Waals surface area (Å²) in [5.41, 5.74) is -0.970. The van der Waals surface area contributed by atoms with Gasteiger partial charge in [0, 0.05) is 0 Å². The third-order valence-corrected chi connectivity index (χ3v) is 3.26. The molecule has 0 aliphatic heterocycles. The van der Waals surface area contributed by atoms with E-state index in [1.807, 2.05) is 6.92 Å². The van der Waals surface area contributed by atoms with Crippen LogP contribution in [0.3, 0.4) is 0 Å². The van der Waals surface area contributed by atoms with Gasteiger partial charge in [-0.05, 0) is 13.0 Å². The molecular weight excluding hydrogens is 164 g/mol. The Labute approximate surface area is 67.4 Å². The summed E-state index contributed by atoms with van der Waals surface area (Å²) in [5.74, 6) is 0. The molecule has 11 heavy (non-hydrogen) atoms. The van der Waals surface area contributed by atoms with Crippen LogP contribution in [-0.4, -0.2) is 8.74 Å². The summed E-state index contributed by atoms with van der Waals surface area (Å²) in [5, 5.41) is 8.39. The first-order valence-corrected chi connectivity index (χ1v) is 6.13. The molecule has 0 spiro atoms. The smallest absolute Gasteiger partial charge is 0.269 e. The minimum atomic E-state index is -4.19. The van der Waals surface area contributed by atoms with Crippen molar-refractivity contribution in [1.29, 1.82) is 5.26 Å². The van der Waals surface area contributed by atoms with Crippen molar-refractivity contribution in [2.75, 3.05) is 0 Å². The van der Waals surface area contributed by atoms with Gasteiger partial charge in [-0.25, -0.2) is 0 Å². The van der Waals surface area contributed by atoms with E-state index in [9.17, 15) is 8.22 Å². The molecule has 0 radical (unpaired) electrons. The molecule has 1 unspecified atom stereocenters. The van der Waals surface area contributed by atoms with Gasteiger partial charge >= 0.3 is 8.74 Å². The van der Waals surface area contributed by atoms with Crippen molar-refractivity contribution in [3.8, 4) is 6.07 Å². The van der Waals surface area contributed by atoms with Crippen LogP contribution in [0.2, 0.25) is 12.1 Å². The predicted octanol–water partition coefficient (Wildman–Crippen LogP) is 3.08. The van der Waals surface area contributed by atoms with Crippen molar-refractivity contribution in [2.45, 2.75) is 38.3 Å². The number of nitrogens with zero attached hydrogens (tertiary/aromatic N) is 1. The third kappa shape index (κ3) is 4.09. The molecule has 0 aromatic heterocycles. The fraction of sp³-hybridized carbons (Fsp3) is 0.857. The zero-order valence-corrected chi connectivity index (χ0v) is 7.90. The topological polar surface area (TPSA) is 23.8 Å². The zero-order valence-electron chi connectivity index (χ0n) is 6.90. The first-order chi connectivity index (χ1) is 5.02. The summed E-state index contributed by atoms with van der Waals surface area (Å²) >= 11 is 0. The molecule has 0 bridgehead atoms. The second kappa shape index (κ2) is 4.45. The molecule has 0 N–H and O–H groups in total. The van der Waals surface area contributed by atoms with E-state index in [0.29, 0.717) is 6.42 Å². The Hall–Kier alpha value is -0.433. The van der Waals surface area contributed by atoms with Crippen molar-refractivity contribution in [3.05, 3.63) is 0 Å². The minimum absolute atomic E-state index is 0.364. The Morgan fingerprint density at radius 2 is 2.09 bits per heavy atom. The van der Waals surface area contributed by atoms with E-state index >= 15 is 0 Å². The first kappa shape index (κ1) is 10.6. The largest absolute Gasteiger partial charge is 0.438 e. The number of hydrogen-bond donors (Lipinski definition) is 0. The molecule has 0 rings (SSSR count). The Kier molecular flexibility index (Phi) is 4.27. The lowest BCUT2D eigenvalue weighted by Crippen LogP contribution is -2.24. The lowest BCUT2D eigenvalue weighted by Gasteiger charge is -2.12. The second-order valence-corrected chi connectivity index (χ2v) is 5.39. The van der Waals surface area contributed by atoms with Crippen molar-refractivity contribution in [1.82, 2.24) is 0 Å². The number of rotatable bonds is 4. The molecule has 0 saturated carbocycles. The molecule has 0 aliphatic rings. The molecule has 0 fully saturated rings. The number of nitriles is 1. The van der Waals surface area contributed by atoms with Gasteiger partial charge < -0.3 is 0 Å². The Balaban J connectivity index is 3.89. The van der Waals surface area contributed by atoms with Crippen molar-refractivity contribution < 1.29 is 8.22 Å². The normalized spacial score (nSPS) is 14.1. The highest BCUT2D eigenvalue weighted by Crippen LogP contribution is 2.28. The van der Waals surface area contributed by atoms with E-state index in [1.54, 1.807) is 6.07 Å². The first-order valence-electron chi connectivity index (χ1n) is 3.79. The molecule has 4 heteroatoms. The minimum Gasteiger partial charge on any atom is -0.269 e. The fourth-order valence-corrected chi connectivity index (χ4v) is 1.78. The van der Waals surface area contributed by atoms with Gasteiger partial charge in [0.2, 0.25) is 0 Å². The zero-order chi connectivity index (χ0) is 8.91. The van der Waals surface area contributed by atoms with Gasteiger partial charge in [0.15, 0.2) is 0 Å². The summed E-state index contributed by atoms with van der Waals surface area (Å²) in [6, 6.07) is 1.69. The standard InChI is InChI=1S/C7H13F2NSi/c1-3-4-5-7(6-10)11(2,8)9/h7H,3-5H2,1-2H3. The van der Waals surface area contributed by atoms with Gasteiger partial charge in [0.1, 0.15) is 0 Å². The summed E-state index contributed by atoms with van der Waals surface area (Å²) in [6.07, 6.45) is 1.97. The highest BCUT2D eigenvalue weighted by atomic mass is 28.4. The summed E-state index contributed by atoms with van der Waals surface area (Å²) < 4.78 is 25.3. The van der Waals surface area contributed by atoms with E-state index in [1.165, 1.54) is 0 Å². The summed E-state index contributed by atoms with van der Waals surface area (Å²) in [7, 11) is -4.19. The Morgan fingerprint density at radius 3 is 2.36 bits per heavy atom. The third-order valence-electron chi connectivity index (χ3n) is 1.61. The van der Waals surface area contributed by atoms with Gasteiger partial charge in [-0.2, -0.15) is 5.26 Å². The molecule has 0 aromatic carbocycles. The van der Waals surface area contributed by atoms with Crippen LogP contribution in [-0.2, 0) is 0 Å². The van der Waals surface area contributed by atoms with E-state index in [2.05, 4.69) is 0 Å². The predicted molar refractivity (Wildman–Crippen MR) is 42.7 cm³/mol. The van der Waals surface area contributed by atoms with Gasteiger partial charge in [-0.1, -0.05) is 19.8 Å². The van der Waals surface area contributed by atoms with Crippen LogP contribution < -0.4 is 0 Å².